The molecule has 1 fully saturated rings. The van der Waals surface area contributed by atoms with Crippen LogP contribution in [0.4, 0.5) is 0 Å². The van der Waals surface area contributed by atoms with E-state index >= 15 is 0 Å². The molecule has 21 heavy (non-hydrogen) atoms. The maximum atomic E-state index is 12.6. The molecule has 3 N–H and O–H groups in total. The van der Waals surface area contributed by atoms with Gasteiger partial charge in [0.1, 0.15) is 0 Å². The molecular formula is C16H20N2O3. The number of carboxylic acid groups (broad SMARTS) is 1. The minimum absolute atomic E-state index is 0.0238. The van der Waals surface area contributed by atoms with Gasteiger partial charge in [-0.3, -0.25) is 4.79 Å². The normalized spacial score (nSPS) is 24.7. The summed E-state index contributed by atoms with van der Waals surface area (Å²) in [7, 11) is 0. The second kappa shape index (κ2) is 5.48. The summed E-state index contributed by atoms with van der Waals surface area (Å²) < 4.78 is 0. The van der Waals surface area contributed by atoms with Gasteiger partial charge in [0.25, 0.3) is 0 Å². The predicted molar refractivity (Wildman–Crippen MR) is 77.8 cm³/mol. The highest BCUT2D eigenvalue weighted by Crippen LogP contribution is 2.28. The molecule has 1 aliphatic carbocycles. The first-order valence-corrected chi connectivity index (χ1v) is 7.45. The van der Waals surface area contributed by atoms with Crippen molar-refractivity contribution in [2.24, 2.45) is 11.7 Å². The van der Waals surface area contributed by atoms with E-state index in [1.54, 1.807) is 12.1 Å². The van der Waals surface area contributed by atoms with Crippen LogP contribution in [-0.2, 0) is 17.8 Å². The third kappa shape index (κ3) is 2.65. The molecule has 1 saturated carbocycles. The van der Waals surface area contributed by atoms with Crippen LogP contribution in [0.5, 0.6) is 0 Å². The molecular weight excluding hydrogens is 268 g/mol. The van der Waals surface area contributed by atoms with Crippen LogP contribution in [0.2, 0.25) is 0 Å². The summed E-state index contributed by atoms with van der Waals surface area (Å²) in [6.07, 6.45) is 3.59. The van der Waals surface area contributed by atoms with Crippen molar-refractivity contribution in [3.63, 3.8) is 0 Å². The molecule has 0 saturated heterocycles. The number of hydrogen-bond donors (Lipinski definition) is 2. The first-order valence-electron chi connectivity index (χ1n) is 7.45. The number of fused-ring (bicyclic) bond motifs is 1. The minimum Gasteiger partial charge on any atom is -0.478 e. The number of hydrogen-bond acceptors (Lipinski definition) is 3. The fourth-order valence-electron chi connectivity index (χ4n) is 3.41. The van der Waals surface area contributed by atoms with E-state index in [1.807, 2.05) is 11.0 Å². The van der Waals surface area contributed by atoms with Crippen LogP contribution >= 0.6 is 0 Å². The van der Waals surface area contributed by atoms with Crippen LogP contribution in [0, 0.1) is 5.92 Å². The Hall–Kier alpha value is -1.88. The molecule has 0 aromatic heterocycles. The van der Waals surface area contributed by atoms with Gasteiger partial charge in [-0.25, -0.2) is 4.79 Å². The van der Waals surface area contributed by atoms with Crippen LogP contribution < -0.4 is 5.73 Å². The van der Waals surface area contributed by atoms with Crippen molar-refractivity contribution >= 4 is 11.9 Å². The fraction of sp³-hybridized carbons (Fsp3) is 0.500. The lowest BCUT2D eigenvalue weighted by Gasteiger charge is -2.32. The van der Waals surface area contributed by atoms with E-state index in [9.17, 15) is 9.59 Å². The molecule has 1 aromatic rings. The zero-order valence-corrected chi connectivity index (χ0v) is 11.9. The van der Waals surface area contributed by atoms with Crippen LogP contribution in [0.25, 0.3) is 0 Å². The number of carbonyl (C=O) groups excluding carboxylic acids is 1. The highest BCUT2D eigenvalue weighted by Gasteiger charge is 2.34. The third-order valence-corrected chi connectivity index (χ3v) is 4.66. The van der Waals surface area contributed by atoms with Gasteiger partial charge in [0.2, 0.25) is 5.91 Å². The Labute approximate surface area is 123 Å². The molecule has 2 aliphatic rings. The van der Waals surface area contributed by atoms with Crippen molar-refractivity contribution < 1.29 is 14.7 Å². The Bertz CT molecular complexity index is 585. The van der Waals surface area contributed by atoms with Crippen molar-refractivity contribution in [1.29, 1.82) is 0 Å². The standard InChI is InChI=1S/C16H20N2O3/c17-14-3-1-2-13(14)15(19)18-7-6-10-4-5-11(16(20)21)8-12(10)9-18/h4-5,8,13-14H,1-3,6-7,9,17H2,(H,20,21). The van der Waals surface area contributed by atoms with Crippen LogP contribution in [0.3, 0.4) is 0 Å². The Morgan fingerprint density at radius 2 is 2.05 bits per heavy atom. The number of benzene rings is 1. The van der Waals surface area contributed by atoms with E-state index in [1.165, 1.54) is 0 Å². The summed E-state index contributed by atoms with van der Waals surface area (Å²) >= 11 is 0. The average Bonchev–Trinajstić information content (AvgIpc) is 2.91. The lowest BCUT2D eigenvalue weighted by atomic mass is 9.95. The first-order chi connectivity index (χ1) is 10.1. The van der Waals surface area contributed by atoms with E-state index in [0.29, 0.717) is 13.1 Å². The Morgan fingerprint density at radius 3 is 2.71 bits per heavy atom. The van der Waals surface area contributed by atoms with Crippen molar-refractivity contribution in [3.8, 4) is 0 Å². The predicted octanol–water partition coefficient (Wildman–Crippen LogP) is 1.40. The molecule has 0 bridgehead atoms. The van der Waals surface area contributed by atoms with Gasteiger partial charge < -0.3 is 15.7 Å². The van der Waals surface area contributed by atoms with Gasteiger partial charge >= 0.3 is 5.97 Å². The molecule has 1 heterocycles. The second-order valence-corrected chi connectivity index (χ2v) is 6.00. The molecule has 2 unspecified atom stereocenters. The van der Waals surface area contributed by atoms with Gasteiger partial charge in [-0.1, -0.05) is 12.5 Å². The molecule has 3 rings (SSSR count). The molecule has 112 valence electrons. The highest BCUT2D eigenvalue weighted by atomic mass is 16.4. The fourth-order valence-corrected chi connectivity index (χ4v) is 3.41. The molecule has 0 spiro atoms. The number of aromatic carboxylic acids is 1. The lowest BCUT2D eigenvalue weighted by molar-refractivity contribution is -0.136. The number of carboxylic acids is 1. The lowest BCUT2D eigenvalue weighted by Crippen LogP contribution is -2.43. The Kier molecular flexibility index (Phi) is 3.68. The number of nitrogens with two attached hydrogens (primary N) is 1. The van der Waals surface area contributed by atoms with Gasteiger partial charge in [-0.2, -0.15) is 0 Å². The monoisotopic (exact) mass is 288 g/mol. The van der Waals surface area contributed by atoms with E-state index in [0.717, 1.165) is 36.8 Å². The number of nitrogens with zero attached hydrogens (tertiary/aromatic N) is 1. The largest absolute Gasteiger partial charge is 0.478 e. The second-order valence-electron chi connectivity index (χ2n) is 6.00. The Balaban J connectivity index is 1.78. The molecule has 1 aromatic carbocycles. The summed E-state index contributed by atoms with van der Waals surface area (Å²) in [4.78, 5) is 25.5. The Morgan fingerprint density at radius 1 is 1.24 bits per heavy atom. The summed E-state index contributed by atoms with van der Waals surface area (Å²) in [5.74, 6) is -0.861. The van der Waals surface area contributed by atoms with Gasteiger partial charge in [-0.15, -0.1) is 0 Å². The zero-order valence-electron chi connectivity index (χ0n) is 11.9. The molecule has 5 nitrogen and oxygen atoms in total. The van der Waals surface area contributed by atoms with Crippen LogP contribution in [0.1, 0.15) is 40.7 Å². The first kappa shape index (κ1) is 14.1. The summed E-state index contributed by atoms with van der Waals surface area (Å²) in [5.41, 5.74) is 8.38. The molecule has 5 heteroatoms. The summed E-state index contributed by atoms with van der Waals surface area (Å²) in [6, 6.07) is 5.16. The maximum Gasteiger partial charge on any atom is 0.335 e. The van der Waals surface area contributed by atoms with Crippen molar-refractivity contribution in [3.05, 3.63) is 34.9 Å². The van der Waals surface area contributed by atoms with E-state index in [-0.39, 0.29) is 23.4 Å². The molecule has 0 radical (unpaired) electrons. The van der Waals surface area contributed by atoms with Crippen LogP contribution in [-0.4, -0.2) is 34.5 Å². The third-order valence-electron chi connectivity index (χ3n) is 4.66. The zero-order chi connectivity index (χ0) is 15.0. The SMILES string of the molecule is NC1CCCC1C(=O)N1CCc2ccc(C(=O)O)cc2C1. The van der Waals surface area contributed by atoms with Gasteiger partial charge in [-0.05, 0) is 42.5 Å². The van der Waals surface area contributed by atoms with E-state index in [4.69, 9.17) is 10.8 Å². The minimum atomic E-state index is -0.931. The van der Waals surface area contributed by atoms with Gasteiger partial charge in [0.05, 0.1) is 11.5 Å². The smallest absolute Gasteiger partial charge is 0.335 e. The highest BCUT2D eigenvalue weighted by molar-refractivity contribution is 5.88. The topological polar surface area (TPSA) is 83.6 Å². The molecule has 1 amide bonds. The summed E-state index contributed by atoms with van der Waals surface area (Å²) in [5, 5.41) is 9.07. The molecule has 1 aliphatic heterocycles. The van der Waals surface area contributed by atoms with Crippen LogP contribution in [0.15, 0.2) is 18.2 Å². The van der Waals surface area contributed by atoms with Gasteiger partial charge in [0.15, 0.2) is 0 Å². The number of carbonyl (C=O) groups is 2. The van der Waals surface area contributed by atoms with Crippen molar-refractivity contribution in [2.75, 3.05) is 6.54 Å². The maximum absolute atomic E-state index is 12.6. The van der Waals surface area contributed by atoms with E-state index < -0.39 is 5.97 Å². The van der Waals surface area contributed by atoms with Crippen molar-refractivity contribution in [1.82, 2.24) is 4.90 Å². The molecule has 2 atom stereocenters. The number of amides is 1. The summed E-state index contributed by atoms with van der Waals surface area (Å²) in [6.45, 7) is 1.19. The number of rotatable bonds is 2. The quantitative estimate of drug-likeness (QED) is 0.861. The van der Waals surface area contributed by atoms with Gasteiger partial charge in [0, 0.05) is 19.1 Å². The average molecular weight is 288 g/mol. The van der Waals surface area contributed by atoms with E-state index in [2.05, 4.69) is 0 Å². The van der Waals surface area contributed by atoms with Crippen molar-refractivity contribution in [2.45, 2.75) is 38.3 Å².